The van der Waals surface area contributed by atoms with Gasteiger partial charge in [-0.1, -0.05) is 31.9 Å². The Labute approximate surface area is 128 Å². The van der Waals surface area contributed by atoms with E-state index in [0.717, 1.165) is 31.4 Å². The number of alkyl halides is 3. The molecule has 2 N–H and O–H groups in total. The summed E-state index contributed by atoms with van der Waals surface area (Å²) in [6.07, 6.45) is -0.0271. The minimum atomic E-state index is -4.37. The van der Waals surface area contributed by atoms with Gasteiger partial charge in [0, 0.05) is 12.6 Å². The topological polar surface area (TPSA) is 41.1 Å². The first-order chi connectivity index (χ1) is 10.4. The second kappa shape index (κ2) is 7.03. The van der Waals surface area contributed by atoms with Crippen LogP contribution >= 0.6 is 0 Å². The second-order valence-electron chi connectivity index (χ2n) is 5.89. The number of carbonyl (C=O) groups excluding carboxylic acids is 1. The van der Waals surface area contributed by atoms with Crippen molar-refractivity contribution in [1.82, 2.24) is 10.6 Å². The van der Waals surface area contributed by atoms with Gasteiger partial charge in [-0.15, -0.1) is 0 Å². The van der Waals surface area contributed by atoms with Crippen LogP contribution in [-0.2, 0) is 12.7 Å². The van der Waals surface area contributed by atoms with Gasteiger partial charge in [-0.2, -0.15) is 13.2 Å². The molecule has 3 nitrogen and oxygen atoms in total. The van der Waals surface area contributed by atoms with E-state index >= 15 is 0 Å². The molecule has 122 valence electrons. The van der Waals surface area contributed by atoms with Gasteiger partial charge in [0.2, 0.25) is 0 Å². The molecule has 1 aliphatic carbocycles. The van der Waals surface area contributed by atoms with Crippen molar-refractivity contribution in [2.24, 2.45) is 5.92 Å². The Morgan fingerprint density at radius 1 is 1.27 bits per heavy atom. The van der Waals surface area contributed by atoms with Gasteiger partial charge in [0.25, 0.3) is 0 Å². The maximum absolute atomic E-state index is 12.6. The van der Waals surface area contributed by atoms with Crippen LogP contribution in [0.5, 0.6) is 0 Å². The molecule has 0 aromatic heterocycles. The largest absolute Gasteiger partial charge is 0.416 e. The Morgan fingerprint density at radius 2 is 2.00 bits per heavy atom. The lowest BCUT2D eigenvalue weighted by Gasteiger charge is -2.29. The molecule has 6 heteroatoms. The first kappa shape index (κ1) is 16.6. The summed E-state index contributed by atoms with van der Waals surface area (Å²) in [5.41, 5.74) is -0.269. The van der Waals surface area contributed by atoms with Crippen LogP contribution in [0.15, 0.2) is 24.3 Å². The quantitative estimate of drug-likeness (QED) is 0.867. The third kappa shape index (κ3) is 4.64. The summed E-state index contributed by atoms with van der Waals surface area (Å²) in [4.78, 5) is 11.9. The number of carbonyl (C=O) groups is 1. The average Bonchev–Trinajstić information content (AvgIpc) is 2.47. The van der Waals surface area contributed by atoms with Crippen molar-refractivity contribution in [3.05, 3.63) is 35.4 Å². The Kier molecular flexibility index (Phi) is 5.32. The maximum atomic E-state index is 12.6. The van der Waals surface area contributed by atoms with Crippen LogP contribution in [0.4, 0.5) is 18.0 Å². The summed E-state index contributed by atoms with van der Waals surface area (Å²) in [6, 6.07) is 4.82. The molecule has 1 fully saturated rings. The molecule has 1 aliphatic rings. The van der Waals surface area contributed by atoms with E-state index in [4.69, 9.17) is 0 Å². The third-order valence-corrected chi connectivity index (χ3v) is 4.14. The number of hydrogen-bond acceptors (Lipinski definition) is 1. The number of halogens is 3. The normalized spacial score (nSPS) is 22.2. The van der Waals surface area contributed by atoms with Crippen LogP contribution in [0, 0.1) is 5.92 Å². The van der Waals surface area contributed by atoms with Crippen molar-refractivity contribution in [3.63, 3.8) is 0 Å². The van der Waals surface area contributed by atoms with E-state index in [2.05, 4.69) is 17.6 Å². The van der Waals surface area contributed by atoms with E-state index in [1.165, 1.54) is 12.5 Å². The molecule has 0 saturated heterocycles. The Hall–Kier alpha value is -1.72. The maximum Gasteiger partial charge on any atom is 0.416 e. The summed E-state index contributed by atoms with van der Waals surface area (Å²) in [7, 11) is 0. The van der Waals surface area contributed by atoms with Crippen molar-refractivity contribution in [1.29, 1.82) is 0 Å². The summed E-state index contributed by atoms with van der Waals surface area (Å²) in [5.74, 6) is 0.438. The zero-order valence-corrected chi connectivity index (χ0v) is 12.5. The number of amides is 2. The lowest BCUT2D eigenvalue weighted by atomic mass is 9.86. The molecule has 0 bridgehead atoms. The number of nitrogens with one attached hydrogen (secondary N) is 2. The van der Waals surface area contributed by atoms with Gasteiger partial charge < -0.3 is 10.6 Å². The smallest absolute Gasteiger partial charge is 0.335 e. The van der Waals surface area contributed by atoms with Crippen molar-refractivity contribution < 1.29 is 18.0 Å². The van der Waals surface area contributed by atoms with Gasteiger partial charge in [-0.3, -0.25) is 0 Å². The molecule has 1 aromatic rings. The summed E-state index contributed by atoms with van der Waals surface area (Å²) in [5, 5.41) is 5.54. The number of urea groups is 1. The highest BCUT2D eigenvalue weighted by molar-refractivity contribution is 5.74. The highest BCUT2D eigenvalue weighted by atomic mass is 19.4. The SMILES string of the molecule is C[C@H]1CCCC[C@H]1NC(=O)NCc1cccc(C(F)(F)F)c1. The molecule has 2 rings (SSSR count). The van der Waals surface area contributed by atoms with E-state index in [1.54, 1.807) is 6.07 Å². The molecule has 0 heterocycles. The van der Waals surface area contributed by atoms with Crippen molar-refractivity contribution >= 4 is 6.03 Å². The Balaban J connectivity index is 1.86. The van der Waals surface area contributed by atoms with Crippen molar-refractivity contribution in [3.8, 4) is 0 Å². The molecule has 22 heavy (non-hydrogen) atoms. The lowest BCUT2D eigenvalue weighted by molar-refractivity contribution is -0.137. The monoisotopic (exact) mass is 314 g/mol. The lowest BCUT2D eigenvalue weighted by Crippen LogP contribution is -2.45. The fourth-order valence-corrected chi connectivity index (χ4v) is 2.79. The predicted octanol–water partition coefficient (Wildman–Crippen LogP) is 4.08. The van der Waals surface area contributed by atoms with Crippen LogP contribution in [0.1, 0.15) is 43.7 Å². The molecule has 0 radical (unpaired) electrons. The van der Waals surface area contributed by atoms with Crippen LogP contribution in [0.25, 0.3) is 0 Å². The fourth-order valence-electron chi connectivity index (χ4n) is 2.79. The zero-order chi connectivity index (χ0) is 16.2. The highest BCUT2D eigenvalue weighted by Gasteiger charge is 2.30. The number of hydrogen-bond donors (Lipinski definition) is 2. The van der Waals surface area contributed by atoms with E-state index in [0.29, 0.717) is 11.5 Å². The van der Waals surface area contributed by atoms with Crippen LogP contribution < -0.4 is 10.6 Å². The summed E-state index contributed by atoms with van der Waals surface area (Å²) < 4.78 is 37.9. The van der Waals surface area contributed by atoms with E-state index in [9.17, 15) is 18.0 Å². The second-order valence-corrected chi connectivity index (χ2v) is 5.89. The highest BCUT2D eigenvalue weighted by Crippen LogP contribution is 2.29. The zero-order valence-electron chi connectivity index (χ0n) is 12.5. The molecule has 0 aliphatic heterocycles. The molecular formula is C16H21F3N2O. The molecule has 1 saturated carbocycles. The minimum Gasteiger partial charge on any atom is -0.335 e. The van der Waals surface area contributed by atoms with E-state index < -0.39 is 11.7 Å². The van der Waals surface area contributed by atoms with Crippen molar-refractivity contribution in [2.75, 3.05) is 0 Å². The van der Waals surface area contributed by atoms with Gasteiger partial charge in [-0.25, -0.2) is 4.79 Å². The molecule has 2 atom stereocenters. The third-order valence-electron chi connectivity index (χ3n) is 4.14. The predicted molar refractivity (Wildman–Crippen MR) is 78.2 cm³/mol. The summed E-state index contributed by atoms with van der Waals surface area (Å²) in [6.45, 7) is 2.19. The van der Waals surface area contributed by atoms with Gasteiger partial charge in [0.05, 0.1) is 5.56 Å². The van der Waals surface area contributed by atoms with E-state index in [1.807, 2.05) is 0 Å². The molecule has 0 spiro atoms. The average molecular weight is 314 g/mol. The first-order valence-electron chi connectivity index (χ1n) is 7.57. The molecular weight excluding hydrogens is 293 g/mol. The van der Waals surface area contributed by atoms with Crippen LogP contribution in [0.2, 0.25) is 0 Å². The molecule has 2 amide bonds. The number of benzene rings is 1. The van der Waals surface area contributed by atoms with Crippen molar-refractivity contribution in [2.45, 2.75) is 51.4 Å². The Bertz CT molecular complexity index is 516. The Morgan fingerprint density at radius 3 is 2.68 bits per heavy atom. The molecule has 1 aromatic carbocycles. The van der Waals surface area contributed by atoms with Gasteiger partial charge in [-0.05, 0) is 36.5 Å². The van der Waals surface area contributed by atoms with Gasteiger partial charge in [0.1, 0.15) is 0 Å². The summed E-state index contributed by atoms with van der Waals surface area (Å²) >= 11 is 0. The van der Waals surface area contributed by atoms with Crippen LogP contribution in [0.3, 0.4) is 0 Å². The number of rotatable bonds is 3. The fraction of sp³-hybridized carbons (Fsp3) is 0.562. The van der Waals surface area contributed by atoms with E-state index in [-0.39, 0.29) is 18.6 Å². The standard InChI is InChI=1S/C16H21F3N2O/c1-11-5-2-3-8-14(11)21-15(22)20-10-12-6-4-7-13(9-12)16(17,18)19/h4,6-7,9,11,14H,2-3,5,8,10H2,1H3,(H2,20,21,22)/t11-,14+/m0/s1. The molecule has 0 unspecified atom stereocenters. The first-order valence-corrected chi connectivity index (χ1v) is 7.57. The van der Waals surface area contributed by atoms with Gasteiger partial charge in [0.15, 0.2) is 0 Å². The van der Waals surface area contributed by atoms with Crippen LogP contribution in [-0.4, -0.2) is 12.1 Å². The van der Waals surface area contributed by atoms with Gasteiger partial charge >= 0.3 is 12.2 Å². The minimum absolute atomic E-state index is 0.0802.